The average Bonchev–Trinajstić information content (AvgIpc) is 2.14. The summed E-state index contributed by atoms with van der Waals surface area (Å²) in [6.45, 7) is 2.62. The minimum absolute atomic E-state index is 0.285. The molecule has 0 unspecified atom stereocenters. The molecule has 0 atom stereocenters. The molecule has 0 bridgehead atoms. The van der Waals surface area contributed by atoms with Gasteiger partial charge in [-0.05, 0) is 32.2 Å². The zero-order chi connectivity index (χ0) is 10.0. The molecule has 1 aliphatic carbocycles. The van der Waals surface area contributed by atoms with Gasteiger partial charge in [0, 0.05) is 24.9 Å². The van der Waals surface area contributed by atoms with E-state index in [9.17, 15) is 4.79 Å². The van der Waals surface area contributed by atoms with Crippen molar-refractivity contribution < 1.29 is 4.79 Å². The lowest BCUT2D eigenvalue weighted by Gasteiger charge is -2.45. The van der Waals surface area contributed by atoms with Crippen molar-refractivity contribution in [1.29, 1.82) is 0 Å². The highest BCUT2D eigenvalue weighted by atomic mass is 16.2. The number of carbonyl (C=O) groups excluding carboxylic acids is 1. The average molecular weight is 196 g/mol. The van der Waals surface area contributed by atoms with Crippen LogP contribution in [0.5, 0.6) is 0 Å². The third-order valence-electron chi connectivity index (χ3n) is 3.79. The van der Waals surface area contributed by atoms with Crippen molar-refractivity contribution in [2.45, 2.75) is 38.5 Å². The maximum Gasteiger partial charge on any atom is 0.222 e. The van der Waals surface area contributed by atoms with E-state index in [1.165, 1.54) is 25.7 Å². The van der Waals surface area contributed by atoms with Crippen LogP contribution in [0.15, 0.2) is 0 Å². The third-order valence-corrected chi connectivity index (χ3v) is 3.79. The van der Waals surface area contributed by atoms with Crippen LogP contribution >= 0.6 is 0 Å². The summed E-state index contributed by atoms with van der Waals surface area (Å²) in [6, 6.07) is 0. The van der Waals surface area contributed by atoms with Crippen molar-refractivity contribution in [3.63, 3.8) is 0 Å². The quantitative estimate of drug-likeness (QED) is 0.735. The summed E-state index contributed by atoms with van der Waals surface area (Å²) in [5.41, 5.74) is 6.08. The second-order valence-electron chi connectivity index (χ2n) is 4.83. The van der Waals surface area contributed by atoms with Gasteiger partial charge in [0.15, 0.2) is 0 Å². The Morgan fingerprint density at radius 3 is 2.57 bits per heavy atom. The Hall–Kier alpha value is -0.570. The van der Waals surface area contributed by atoms with Gasteiger partial charge in [0.05, 0.1) is 0 Å². The number of nitrogens with two attached hydrogens (primary N) is 1. The summed E-state index contributed by atoms with van der Waals surface area (Å²) >= 11 is 0. The minimum Gasteiger partial charge on any atom is -0.342 e. The summed E-state index contributed by atoms with van der Waals surface area (Å²) in [6.07, 6.45) is 6.72. The first-order chi connectivity index (χ1) is 6.76. The van der Waals surface area contributed by atoms with Crippen LogP contribution in [0.4, 0.5) is 0 Å². The van der Waals surface area contributed by atoms with Crippen LogP contribution in [0.1, 0.15) is 38.5 Å². The fraction of sp³-hybridized carbons (Fsp3) is 0.909. The molecule has 80 valence electrons. The monoisotopic (exact) mass is 196 g/mol. The first-order valence-electron chi connectivity index (χ1n) is 5.74. The van der Waals surface area contributed by atoms with Crippen molar-refractivity contribution in [3.05, 3.63) is 0 Å². The van der Waals surface area contributed by atoms with E-state index < -0.39 is 0 Å². The lowest BCUT2D eigenvalue weighted by molar-refractivity contribution is -0.136. The van der Waals surface area contributed by atoms with Gasteiger partial charge in [-0.2, -0.15) is 0 Å². The Labute approximate surface area is 85.6 Å². The third kappa shape index (κ3) is 1.78. The summed E-state index contributed by atoms with van der Waals surface area (Å²) in [4.78, 5) is 13.7. The van der Waals surface area contributed by atoms with Crippen molar-refractivity contribution >= 4 is 5.91 Å². The number of hydrogen-bond acceptors (Lipinski definition) is 2. The van der Waals surface area contributed by atoms with Crippen LogP contribution in [0.25, 0.3) is 0 Å². The Morgan fingerprint density at radius 1 is 1.29 bits per heavy atom. The van der Waals surface area contributed by atoms with Crippen molar-refractivity contribution in [1.82, 2.24) is 4.90 Å². The molecule has 0 aromatic carbocycles. The molecule has 0 radical (unpaired) electrons. The molecular weight excluding hydrogens is 176 g/mol. The van der Waals surface area contributed by atoms with Gasteiger partial charge in [-0.25, -0.2) is 0 Å². The van der Waals surface area contributed by atoms with E-state index in [-0.39, 0.29) is 5.41 Å². The fourth-order valence-electron chi connectivity index (χ4n) is 2.54. The summed E-state index contributed by atoms with van der Waals surface area (Å²) in [5.74, 6) is 0.343. The van der Waals surface area contributed by atoms with Crippen LogP contribution in [-0.4, -0.2) is 30.4 Å². The van der Waals surface area contributed by atoms with Gasteiger partial charge in [-0.3, -0.25) is 4.79 Å². The standard InChI is InChI=1S/C11H20N2O/c12-8-11(5-3-6-11)9-13-7-2-1-4-10(13)14/h1-9,12H2. The number of hydrogen-bond donors (Lipinski definition) is 1. The lowest BCUT2D eigenvalue weighted by atomic mass is 9.68. The van der Waals surface area contributed by atoms with E-state index >= 15 is 0 Å². The molecule has 1 saturated heterocycles. The number of nitrogens with zero attached hydrogens (tertiary/aromatic N) is 1. The van der Waals surface area contributed by atoms with Crippen LogP contribution in [0.2, 0.25) is 0 Å². The maximum absolute atomic E-state index is 11.6. The number of piperidine rings is 1. The Bertz CT molecular complexity index is 218. The fourth-order valence-corrected chi connectivity index (χ4v) is 2.54. The van der Waals surface area contributed by atoms with Gasteiger partial charge in [0.1, 0.15) is 0 Å². The van der Waals surface area contributed by atoms with E-state index in [1.54, 1.807) is 0 Å². The molecule has 3 heteroatoms. The molecule has 1 aliphatic heterocycles. The molecule has 2 N–H and O–H groups in total. The van der Waals surface area contributed by atoms with Crippen LogP contribution in [0, 0.1) is 5.41 Å². The molecule has 1 saturated carbocycles. The molecule has 2 rings (SSSR count). The number of rotatable bonds is 3. The summed E-state index contributed by atoms with van der Waals surface area (Å²) < 4.78 is 0. The highest BCUT2D eigenvalue weighted by molar-refractivity contribution is 5.76. The van der Waals surface area contributed by atoms with Crippen molar-refractivity contribution in [2.75, 3.05) is 19.6 Å². The minimum atomic E-state index is 0.285. The molecule has 3 nitrogen and oxygen atoms in total. The molecule has 2 fully saturated rings. The largest absolute Gasteiger partial charge is 0.342 e. The topological polar surface area (TPSA) is 46.3 Å². The summed E-state index contributed by atoms with van der Waals surface area (Å²) in [5, 5.41) is 0. The smallest absolute Gasteiger partial charge is 0.222 e. The van der Waals surface area contributed by atoms with E-state index in [2.05, 4.69) is 0 Å². The van der Waals surface area contributed by atoms with Gasteiger partial charge < -0.3 is 10.6 Å². The molecule has 14 heavy (non-hydrogen) atoms. The zero-order valence-electron chi connectivity index (χ0n) is 8.80. The highest BCUT2D eigenvalue weighted by Crippen LogP contribution is 2.40. The second kappa shape index (κ2) is 3.89. The predicted molar refractivity (Wildman–Crippen MR) is 55.8 cm³/mol. The Kier molecular flexibility index (Phi) is 2.77. The second-order valence-corrected chi connectivity index (χ2v) is 4.83. The predicted octanol–water partition coefficient (Wildman–Crippen LogP) is 1.13. The normalized spacial score (nSPS) is 26.1. The number of carbonyl (C=O) groups is 1. The lowest BCUT2D eigenvalue weighted by Crippen LogP contribution is -2.50. The van der Waals surface area contributed by atoms with Gasteiger partial charge in [-0.15, -0.1) is 0 Å². The van der Waals surface area contributed by atoms with Crippen molar-refractivity contribution in [2.24, 2.45) is 11.1 Å². The molecule has 1 heterocycles. The molecule has 0 aromatic heterocycles. The molecular formula is C11H20N2O. The van der Waals surface area contributed by atoms with Gasteiger partial charge in [0.2, 0.25) is 5.91 Å². The van der Waals surface area contributed by atoms with E-state index in [0.717, 1.165) is 32.5 Å². The molecule has 0 spiro atoms. The highest BCUT2D eigenvalue weighted by Gasteiger charge is 2.38. The zero-order valence-corrected chi connectivity index (χ0v) is 8.80. The van der Waals surface area contributed by atoms with E-state index in [1.807, 2.05) is 4.90 Å². The first kappa shape index (κ1) is 9.97. The number of amides is 1. The van der Waals surface area contributed by atoms with E-state index in [0.29, 0.717) is 5.91 Å². The molecule has 2 aliphatic rings. The van der Waals surface area contributed by atoms with Gasteiger partial charge >= 0.3 is 0 Å². The van der Waals surface area contributed by atoms with Crippen molar-refractivity contribution in [3.8, 4) is 0 Å². The first-order valence-corrected chi connectivity index (χ1v) is 5.74. The Balaban J connectivity index is 1.91. The van der Waals surface area contributed by atoms with Gasteiger partial charge in [-0.1, -0.05) is 6.42 Å². The number of likely N-dealkylation sites (tertiary alicyclic amines) is 1. The molecule has 1 amide bonds. The SMILES string of the molecule is NCC1(CN2CCCCC2=O)CCC1. The Morgan fingerprint density at radius 2 is 2.07 bits per heavy atom. The molecule has 0 aromatic rings. The maximum atomic E-state index is 11.6. The van der Waals surface area contributed by atoms with E-state index in [4.69, 9.17) is 5.73 Å². The summed E-state index contributed by atoms with van der Waals surface area (Å²) in [7, 11) is 0. The van der Waals surface area contributed by atoms with Crippen LogP contribution < -0.4 is 5.73 Å². The van der Waals surface area contributed by atoms with Gasteiger partial charge in [0.25, 0.3) is 0 Å². The van der Waals surface area contributed by atoms with Crippen LogP contribution in [-0.2, 0) is 4.79 Å². The van der Waals surface area contributed by atoms with Crippen LogP contribution in [0.3, 0.4) is 0 Å².